The van der Waals surface area contributed by atoms with Crippen LogP contribution in [0.5, 0.6) is 0 Å². The zero-order valence-corrected chi connectivity index (χ0v) is 12.8. The van der Waals surface area contributed by atoms with E-state index in [0.717, 1.165) is 18.7 Å². The highest BCUT2D eigenvalue weighted by atomic mass is 35.5. The number of hydrogen-bond donors (Lipinski definition) is 1. The molecule has 1 aromatic heterocycles. The second kappa shape index (κ2) is 5.81. The van der Waals surface area contributed by atoms with Gasteiger partial charge in [0.05, 0.1) is 34.5 Å². The Balaban J connectivity index is 2.29. The van der Waals surface area contributed by atoms with Gasteiger partial charge in [0.25, 0.3) is 0 Å². The van der Waals surface area contributed by atoms with E-state index in [0.29, 0.717) is 11.4 Å². The van der Waals surface area contributed by atoms with Gasteiger partial charge >= 0.3 is 0 Å². The average molecular weight is 306 g/mol. The van der Waals surface area contributed by atoms with Crippen LogP contribution in [0.15, 0.2) is 6.20 Å². The average Bonchev–Trinajstić information content (AvgIpc) is 2.87. The summed E-state index contributed by atoms with van der Waals surface area (Å²) in [5, 5.41) is 8.10. The molecule has 7 heteroatoms. The minimum atomic E-state index is -2.89. The van der Waals surface area contributed by atoms with E-state index in [1.54, 1.807) is 6.20 Å². The third kappa shape index (κ3) is 3.12. The number of aromatic nitrogens is 2. The molecule has 2 unspecified atom stereocenters. The van der Waals surface area contributed by atoms with E-state index in [1.807, 2.05) is 11.7 Å². The molecule has 2 atom stereocenters. The predicted molar refractivity (Wildman–Crippen MR) is 76.1 cm³/mol. The smallest absolute Gasteiger partial charge is 0.150 e. The number of sulfone groups is 1. The zero-order chi connectivity index (χ0) is 14.0. The van der Waals surface area contributed by atoms with Gasteiger partial charge in [0.1, 0.15) is 0 Å². The van der Waals surface area contributed by atoms with Crippen molar-refractivity contribution in [3.05, 3.63) is 16.9 Å². The van der Waals surface area contributed by atoms with Crippen LogP contribution in [0.1, 0.15) is 31.5 Å². The normalized spacial score (nSPS) is 23.6. The van der Waals surface area contributed by atoms with Gasteiger partial charge in [-0.05, 0) is 25.8 Å². The van der Waals surface area contributed by atoms with Crippen molar-refractivity contribution in [2.45, 2.75) is 32.4 Å². The van der Waals surface area contributed by atoms with Crippen LogP contribution >= 0.6 is 11.6 Å². The number of hydrogen-bond acceptors (Lipinski definition) is 4. The van der Waals surface area contributed by atoms with Crippen molar-refractivity contribution in [1.82, 2.24) is 15.1 Å². The van der Waals surface area contributed by atoms with E-state index in [4.69, 9.17) is 11.6 Å². The minimum absolute atomic E-state index is 0.0566. The molecule has 5 nitrogen and oxygen atoms in total. The lowest BCUT2D eigenvalue weighted by Gasteiger charge is -2.23. The van der Waals surface area contributed by atoms with Crippen molar-refractivity contribution in [3.63, 3.8) is 0 Å². The summed E-state index contributed by atoms with van der Waals surface area (Å²) in [6.07, 6.45) is 3.28. The van der Waals surface area contributed by atoms with Gasteiger partial charge in [-0.15, -0.1) is 0 Å². The molecule has 0 amide bonds. The second-order valence-corrected chi connectivity index (χ2v) is 7.67. The molecule has 0 aromatic carbocycles. The van der Waals surface area contributed by atoms with Crippen LogP contribution in [0.4, 0.5) is 0 Å². The summed E-state index contributed by atoms with van der Waals surface area (Å²) < 4.78 is 25.2. The molecule has 0 saturated carbocycles. The van der Waals surface area contributed by atoms with Gasteiger partial charge in [-0.2, -0.15) is 5.10 Å². The van der Waals surface area contributed by atoms with E-state index in [-0.39, 0.29) is 23.5 Å². The number of halogens is 1. The summed E-state index contributed by atoms with van der Waals surface area (Å²) in [4.78, 5) is 0. The lowest BCUT2D eigenvalue weighted by Crippen LogP contribution is -2.29. The first-order valence-corrected chi connectivity index (χ1v) is 8.77. The summed E-state index contributed by atoms with van der Waals surface area (Å²) in [6, 6.07) is -0.0566. The molecule has 1 saturated heterocycles. The highest BCUT2D eigenvalue weighted by molar-refractivity contribution is 7.91. The highest BCUT2D eigenvalue weighted by Crippen LogP contribution is 2.34. The number of aryl methyl sites for hydroxylation is 1. The SMILES string of the molecule is CCCn1ncc(Cl)c1C(NC)C1CCS(=O)(=O)C1. The van der Waals surface area contributed by atoms with Crippen molar-refractivity contribution in [2.24, 2.45) is 5.92 Å². The Hall–Kier alpha value is -0.590. The van der Waals surface area contributed by atoms with Crippen molar-refractivity contribution in [1.29, 1.82) is 0 Å². The molecular weight excluding hydrogens is 286 g/mol. The molecule has 1 aliphatic rings. The van der Waals surface area contributed by atoms with Crippen LogP contribution in [0.25, 0.3) is 0 Å². The lowest BCUT2D eigenvalue weighted by molar-refractivity contribution is 0.386. The summed E-state index contributed by atoms with van der Waals surface area (Å²) in [5.41, 5.74) is 0.910. The van der Waals surface area contributed by atoms with Crippen LogP contribution in [0.2, 0.25) is 5.02 Å². The third-order valence-electron chi connectivity index (χ3n) is 3.61. The maximum absolute atomic E-state index is 11.6. The van der Waals surface area contributed by atoms with Crippen LogP contribution < -0.4 is 5.32 Å². The predicted octanol–water partition coefficient (Wildman–Crippen LogP) is 1.64. The van der Waals surface area contributed by atoms with Crippen LogP contribution in [0, 0.1) is 5.92 Å². The van der Waals surface area contributed by atoms with Gasteiger partial charge in [0, 0.05) is 6.54 Å². The number of nitrogens with one attached hydrogen (secondary N) is 1. The van der Waals surface area contributed by atoms with E-state index in [1.165, 1.54) is 0 Å². The first-order valence-electron chi connectivity index (χ1n) is 6.57. The summed E-state index contributed by atoms with van der Waals surface area (Å²) >= 11 is 6.23. The van der Waals surface area contributed by atoms with Crippen molar-refractivity contribution in [2.75, 3.05) is 18.6 Å². The fraction of sp³-hybridized carbons (Fsp3) is 0.750. The molecule has 1 fully saturated rings. The topological polar surface area (TPSA) is 64.0 Å². The Bertz CT molecular complexity index is 541. The van der Waals surface area contributed by atoms with Gasteiger partial charge < -0.3 is 5.32 Å². The lowest BCUT2D eigenvalue weighted by atomic mass is 9.96. The van der Waals surface area contributed by atoms with Gasteiger partial charge in [-0.25, -0.2) is 8.42 Å². The molecule has 1 N–H and O–H groups in total. The van der Waals surface area contributed by atoms with Crippen molar-refractivity contribution >= 4 is 21.4 Å². The maximum atomic E-state index is 11.6. The van der Waals surface area contributed by atoms with Gasteiger partial charge in [0.2, 0.25) is 0 Å². The molecule has 0 aliphatic carbocycles. The molecule has 0 spiro atoms. The molecule has 1 aliphatic heterocycles. The molecular formula is C12H20ClN3O2S. The summed E-state index contributed by atoms with van der Waals surface area (Å²) in [6.45, 7) is 2.87. The van der Waals surface area contributed by atoms with E-state index in [2.05, 4.69) is 17.3 Å². The van der Waals surface area contributed by atoms with Crippen LogP contribution in [-0.4, -0.2) is 36.8 Å². The molecule has 108 valence electrons. The van der Waals surface area contributed by atoms with Crippen molar-refractivity contribution in [3.8, 4) is 0 Å². The van der Waals surface area contributed by atoms with E-state index >= 15 is 0 Å². The van der Waals surface area contributed by atoms with Gasteiger partial charge in [-0.1, -0.05) is 18.5 Å². The first kappa shape index (κ1) is 14.8. The van der Waals surface area contributed by atoms with E-state index in [9.17, 15) is 8.42 Å². The zero-order valence-electron chi connectivity index (χ0n) is 11.3. The van der Waals surface area contributed by atoms with E-state index < -0.39 is 9.84 Å². The molecule has 0 radical (unpaired) electrons. The molecule has 2 rings (SSSR count). The molecule has 2 heterocycles. The van der Waals surface area contributed by atoms with Gasteiger partial charge in [-0.3, -0.25) is 4.68 Å². The number of nitrogens with zero attached hydrogens (tertiary/aromatic N) is 2. The Morgan fingerprint density at radius 2 is 2.37 bits per heavy atom. The highest BCUT2D eigenvalue weighted by Gasteiger charge is 2.36. The maximum Gasteiger partial charge on any atom is 0.150 e. The Morgan fingerprint density at radius 3 is 2.89 bits per heavy atom. The summed E-state index contributed by atoms with van der Waals surface area (Å²) in [5.74, 6) is 0.571. The first-order chi connectivity index (χ1) is 8.98. The molecule has 19 heavy (non-hydrogen) atoms. The fourth-order valence-corrected chi connectivity index (χ4v) is 4.85. The monoisotopic (exact) mass is 305 g/mol. The molecule has 1 aromatic rings. The third-order valence-corrected chi connectivity index (χ3v) is 5.70. The van der Waals surface area contributed by atoms with Crippen LogP contribution in [-0.2, 0) is 16.4 Å². The fourth-order valence-electron chi connectivity index (χ4n) is 2.75. The Labute approximate surface area is 119 Å². The number of rotatable bonds is 5. The molecule has 0 bridgehead atoms. The Kier molecular flexibility index (Phi) is 4.53. The largest absolute Gasteiger partial charge is 0.311 e. The summed E-state index contributed by atoms with van der Waals surface area (Å²) in [7, 11) is -1.05. The second-order valence-electron chi connectivity index (χ2n) is 5.03. The van der Waals surface area contributed by atoms with Crippen molar-refractivity contribution < 1.29 is 8.42 Å². The van der Waals surface area contributed by atoms with Crippen LogP contribution in [0.3, 0.4) is 0 Å². The van der Waals surface area contributed by atoms with Gasteiger partial charge in [0.15, 0.2) is 9.84 Å². The Morgan fingerprint density at radius 1 is 1.63 bits per heavy atom. The standard InChI is InChI=1S/C12H20ClN3O2S/c1-3-5-16-12(10(13)7-15-16)11(14-2)9-4-6-19(17,18)8-9/h7,9,11,14H,3-6,8H2,1-2H3. The quantitative estimate of drug-likeness (QED) is 0.898. The minimum Gasteiger partial charge on any atom is -0.311 e.